The fourth-order valence-electron chi connectivity index (χ4n) is 4.30. The van der Waals surface area contributed by atoms with Gasteiger partial charge in [-0.05, 0) is 47.1 Å². The van der Waals surface area contributed by atoms with Gasteiger partial charge in [0.1, 0.15) is 45.7 Å². The maximum atomic E-state index is 5.96. The summed E-state index contributed by atoms with van der Waals surface area (Å²) in [5.41, 5.74) is 2.97. The highest BCUT2D eigenvalue weighted by Gasteiger charge is 2.22. The smallest absolute Gasteiger partial charge is 0.336 e. The summed E-state index contributed by atoms with van der Waals surface area (Å²) in [6.45, 7) is 2.76. The highest BCUT2D eigenvalue weighted by Crippen LogP contribution is 2.33. The number of nitrogens with zero attached hydrogens (tertiary/aromatic N) is 6. The lowest BCUT2D eigenvalue weighted by atomic mass is 10.1. The molecule has 0 saturated carbocycles. The van der Waals surface area contributed by atoms with Crippen LogP contribution in [0.5, 0.6) is 29.0 Å². The van der Waals surface area contributed by atoms with E-state index in [-0.39, 0.29) is 12.6 Å². The second kappa shape index (κ2) is 12.3. The van der Waals surface area contributed by atoms with Crippen molar-refractivity contribution < 1.29 is 28.2 Å². The predicted octanol–water partition coefficient (Wildman–Crippen LogP) is 5.00. The van der Waals surface area contributed by atoms with Crippen LogP contribution in [0, 0.1) is 6.92 Å². The van der Waals surface area contributed by atoms with Gasteiger partial charge in [0.15, 0.2) is 11.5 Å². The third-order valence-corrected chi connectivity index (χ3v) is 6.86. The third kappa shape index (κ3) is 6.14. The van der Waals surface area contributed by atoms with Crippen LogP contribution in [0.3, 0.4) is 0 Å². The van der Waals surface area contributed by atoms with E-state index in [2.05, 4.69) is 36.1 Å². The number of hydrogen-bond donors (Lipinski definition) is 0. The molecule has 41 heavy (non-hydrogen) atoms. The summed E-state index contributed by atoms with van der Waals surface area (Å²) in [6.07, 6.45) is 1.67. The summed E-state index contributed by atoms with van der Waals surface area (Å²) < 4.78 is 35.6. The highest BCUT2D eigenvalue weighted by molar-refractivity contribution is 9.10. The number of hydrogen-bond acceptors (Lipinski definition) is 11. The zero-order valence-electron chi connectivity index (χ0n) is 23.3. The molecule has 0 aliphatic carbocycles. The number of halogens is 1. The van der Waals surface area contributed by atoms with Crippen LogP contribution in [0.15, 0.2) is 57.8 Å². The van der Waals surface area contributed by atoms with Gasteiger partial charge in [0.2, 0.25) is 0 Å². The molecule has 0 N–H and O–H groups in total. The number of aryl methyl sites for hydroxylation is 1. The fourth-order valence-corrected chi connectivity index (χ4v) is 4.65. The zero-order valence-corrected chi connectivity index (χ0v) is 24.8. The van der Waals surface area contributed by atoms with Gasteiger partial charge in [-0.2, -0.15) is 9.50 Å². The summed E-state index contributed by atoms with van der Waals surface area (Å²) in [5.74, 6) is 3.94. The van der Waals surface area contributed by atoms with Crippen LogP contribution in [0.25, 0.3) is 5.65 Å². The summed E-state index contributed by atoms with van der Waals surface area (Å²) in [4.78, 5) is 11.4. The first kappa shape index (κ1) is 28.0. The molecule has 12 nitrogen and oxygen atoms in total. The monoisotopic (exact) mass is 624 g/mol. The Balaban J connectivity index is 1.60. The van der Waals surface area contributed by atoms with Crippen LogP contribution in [0.4, 0.5) is 5.82 Å². The highest BCUT2D eigenvalue weighted by atomic mass is 79.9. The van der Waals surface area contributed by atoms with E-state index < -0.39 is 0 Å². The average Bonchev–Trinajstić information content (AvgIpc) is 3.60. The van der Waals surface area contributed by atoms with Crippen LogP contribution in [0.1, 0.15) is 22.6 Å². The van der Waals surface area contributed by atoms with Gasteiger partial charge in [-0.25, -0.2) is 4.98 Å². The number of benzene rings is 2. The summed E-state index contributed by atoms with van der Waals surface area (Å²) in [7, 11) is 6.49. The maximum Gasteiger partial charge on any atom is 0.336 e. The van der Waals surface area contributed by atoms with E-state index in [1.54, 1.807) is 45.2 Å². The normalized spacial score (nSPS) is 11.0. The standard InChI is InChI=1S/C28H29BrN6O6/c1-17-10-20(33-41-17)16-40-28-31-27(26-30-13-25(29)35(26)32-28)34(14-18-6-8-21(36-2)11-23(18)38-4)15-19-7-9-22(37-3)12-24(19)39-5/h6-13H,14-16H2,1-5H3. The molecule has 0 atom stereocenters. The Kier molecular flexibility index (Phi) is 8.43. The number of aromatic nitrogens is 5. The van der Waals surface area contributed by atoms with E-state index in [9.17, 15) is 0 Å². The minimum atomic E-state index is 0.132. The number of methoxy groups -OCH3 is 4. The van der Waals surface area contributed by atoms with Gasteiger partial charge >= 0.3 is 6.01 Å². The number of ether oxygens (including phenoxy) is 5. The topological polar surface area (TPSA) is 119 Å². The number of fused-ring (bicyclic) bond motifs is 1. The van der Waals surface area contributed by atoms with Gasteiger partial charge in [-0.3, -0.25) is 0 Å². The summed E-state index contributed by atoms with van der Waals surface area (Å²) in [5, 5.41) is 8.53. The van der Waals surface area contributed by atoms with Crippen molar-refractivity contribution in [2.75, 3.05) is 33.3 Å². The van der Waals surface area contributed by atoms with Gasteiger partial charge in [-0.1, -0.05) is 5.16 Å². The quantitative estimate of drug-likeness (QED) is 0.186. The molecule has 0 bridgehead atoms. The SMILES string of the molecule is COc1ccc(CN(Cc2ccc(OC)cc2OC)c2nc(OCc3cc(C)on3)nn3c(Br)cnc23)c(OC)c1. The molecule has 0 unspecified atom stereocenters. The lowest BCUT2D eigenvalue weighted by Gasteiger charge is -2.26. The Morgan fingerprint density at radius 1 is 0.878 bits per heavy atom. The van der Waals surface area contributed by atoms with Crippen LogP contribution >= 0.6 is 15.9 Å². The summed E-state index contributed by atoms with van der Waals surface area (Å²) in [6, 6.07) is 13.3. The Morgan fingerprint density at radius 3 is 2.05 bits per heavy atom. The van der Waals surface area contributed by atoms with Gasteiger partial charge < -0.3 is 33.1 Å². The molecule has 0 saturated heterocycles. The fraction of sp³-hybridized carbons (Fsp3) is 0.286. The second-order valence-corrected chi connectivity index (χ2v) is 9.78. The number of rotatable bonds is 12. The Morgan fingerprint density at radius 2 is 1.51 bits per heavy atom. The minimum Gasteiger partial charge on any atom is -0.497 e. The van der Waals surface area contributed by atoms with Crippen molar-refractivity contribution >= 4 is 27.4 Å². The lowest BCUT2D eigenvalue weighted by Crippen LogP contribution is -2.25. The van der Waals surface area contributed by atoms with E-state index in [4.69, 9.17) is 33.2 Å². The van der Waals surface area contributed by atoms with E-state index in [1.807, 2.05) is 43.3 Å². The van der Waals surface area contributed by atoms with Gasteiger partial charge in [0.05, 0.1) is 34.6 Å². The molecular weight excluding hydrogens is 596 g/mol. The zero-order chi connectivity index (χ0) is 28.9. The van der Waals surface area contributed by atoms with Crippen molar-refractivity contribution in [1.29, 1.82) is 0 Å². The van der Waals surface area contributed by atoms with Crippen molar-refractivity contribution in [1.82, 2.24) is 24.7 Å². The van der Waals surface area contributed by atoms with Gasteiger partial charge in [0.25, 0.3) is 0 Å². The lowest BCUT2D eigenvalue weighted by molar-refractivity contribution is 0.262. The molecule has 0 spiro atoms. The van der Waals surface area contributed by atoms with E-state index >= 15 is 0 Å². The first-order chi connectivity index (χ1) is 19.9. The van der Waals surface area contributed by atoms with Crippen LogP contribution in [-0.2, 0) is 19.7 Å². The molecule has 0 fully saturated rings. The van der Waals surface area contributed by atoms with Gasteiger partial charge in [-0.15, -0.1) is 5.10 Å². The van der Waals surface area contributed by atoms with Crippen LogP contribution < -0.4 is 28.6 Å². The van der Waals surface area contributed by atoms with E-state index in [1.165, 1.54) is 0 Å². The third-order valence-electron chi connectivity index (χ3n) is 6.32. The van der Waals surface area contributed by atoms with Crippen LogP contribution in [0.2, 0.25) is 0 Å². The van der Waals surface area contributed by atoms with E-state index in [0.29, 0.717) is 63.6 Å². The van der Waals surface area contributed by atoms with Crippen molar-refractivity contribution in [2.45, 2.75) is 26.6 Å². The molecule has 5 rings (SSSR count). The van der Waals surface area contributed by atoms with Gasteiger partial charge in [0, 0.05) is 42.4 Å². The molecule has 0 radical (unpaired) electrons. The van der Waals surface area contributed by atoms with Crippen molar-refractivity contribution in [2.24, 2.45) is 0 Å². The molecule has 214 valence electrons. The minimum absolute atomic E-state index is 0.132. The molecule has 13 heteroatoms. The molecule has 3 heterocycles. The molecular formula is C28H29BrN6O6. The molecule has 3 aromatic heterocycles. The first-order valence-corrected chi connectivity index (χ1v) is 13.3. The van der Waals surface area contributed by atoms with Crippen LogP contribution in [-0.4, -0.2) is 53.2 Å². The first-order valence-electron chi connectivity index (χ1n) is 12.6. The number of anilines is 1. The Bertz CT molecular complexity index is 1600. The Labute approximate surface area is 244 Å². The average molecular weight is 625 g/mol. The largest absolute Gasteiger partial charge is 0.497 e. The maximum absolute atomic E-state index is 5.96. The van der Waals surface area contributed by atoms with Crippen molar-refractivity contribution in [3.05, 3.63) is 75.8 Å². The number of imidazole rings is 1. The molecule has 0 aliphatic heterocycles. The predicted molar refractivity (Wildman–Crippen MR) is 153 cm³/mol. The van der Waals surface area contributed by atoms with Crippen molar-refractivity contribution in [3.8, 4) is 29.0 Å². The molecule has 0 amide bonds. The Hall–Kier alpha value is -4.52. The van der Waals surface area contributed by atoms with E-state index in [0.717, 1.165) is 11.1 Å². The second-order valence-electron chi connectivity index (χ2n) is 8.96. The van der Waals surface area contributed by atoms with Crippen molar-refractivity contribution in [3.63, 3.8) is 0 Å². The molecule has 0 aliphatic rings. The summed E-state index contributed by atoms with van der Waals surface area (Å²) >= 11 is 3.54. The molecule has 2 aromatic carbocycles. The molecule has 5 aromatic rings.